The van der Waals surface area contributed by atoms with Crippen molar-refractivity contribution in [2.75, 3.05) is 4.90 Å². The molecular weight excluding hydrogens is 527 g/mol. The van der Waals surface area contributed by atoms with E-state index in [9.17, 15) is 18.8 Å². The number of anilines is 1. The molecule has 0 aromatic heterocycles. The van der Waals surface area contributed by atoms with Crippen molar-refractivity contribution >= 4 is 45.5 Å². The molecule has 8 heteroatoms. The maximum absolute atomic E-state index is 13.3. The number of hydrogen-bond acceptors (Lipinski definition) is 4. The third kappa shape index (κ3) is 5.44. The largest absolute Gasteiger partial charge is 0.487 e. The van der Waals surface area contributed by atoms with Gasteiger partial charge in [0.25, 0.3) is 11.8 Å². The van der Waals surface area contributed by atoms with Crippen LogP contribution in [0.25, 0.3) is 6.08 Å². The van der Waals surface area contributed by atoms with Crippen LogP contribution in [0.15, 0.2) is 83.4 Å². The Balaban J connectivity index is 1.65. The molecule has 1 fully saturated rings. The number of ether oxygens (including phenoxy) is 1. The summed E-state index contributed by atoms with van der Waals surface area (Å²) in [5, 5.41) is 2.16. The summed E-state index contributed by atoms with van der Waals surface area (Å²) in [6, 6.07) is 15.5. The van der Waals surface area contributed by atoms with E-state index in [-0.39, 0.29) is 11.3 Å². The van der Waals surface area contributed by atoms with Crippen LogP contribution < -0.4 is 15.0 Å². The predicted octanol–water partition coefficient (Wildman–Crippen LogP) is 5.87. The van der Waals surface area contributed by atoms with Gasteiger partial charge in [-0.2, -0.15) is 0 Å². The van der Waals surface area contributed by atoms with Gasteiger partial charge in [-0.15, -0.1) is 6.58 Å². The summed E-state index contributed by atoms with van der Waals surface area (Å²) in [4.78, 5) is 38.8. The molecule has 0 aliphatic carbocycles. The van der Waals surface area contributed by atoms with Crippen molar-refractivity contribution in [3.63, 3.8) is 0 Å². The molecule has 0 atom stereocenters. The van der Waals surface area contributed by atoms with E-state index in [2.05, 4.69) is 27.8 Å². The number of carbonyl (C=O) groups is 3. The molecule has 1 heterocycles. The monoisotopic (exact) mass is 548 g/mol. The number of barbiturate groups is 1. The number of benzene rings is 3. The van der Waals surface area contributed by atoms with Gasteiger partial charge in [0.05, 0.1) is 10.2 Å². The molecule has 3 aromatic carbocycles. The summed E-state index contributed by atoms with van der Waals surface area (Å²) < 4.78 is 20.0. The number of halogens is 2. The van der Waals surface area contributed by atoms with Crippen LogP contribution in [0.1, 0.15) is 22.3 Å². The molecule has 0 spiro atoms. The number of carbonyl (C=O) groups excluding carboxylic acids is 3. The van der Waals surface area contributed by atoms with Gasteiger partial charge in [0, 0.05) is 0 Å². The van der Waals surface area contributed by atoms with Crippen molar-refractivity contribution in [2.45, 2.75) is 20.0 Å². The zero-order valence-corrected chi connectivity index (χ0v) is 21.0. The Morgan fingerprint density at radius 1 is 1.06 bits per heavy atom. The minimum Gasteiger partial charge on any atom is -0.487 e. The van der Waals surface area contributed by atoms with E-state index in [1.54, 1.807) is 18.2 Å². The minimum atomic E-state index is -0.901. The molecule has 0 saturated carbocycles. The van der Waals surface area contributed by atoms with Crippen LogP contribution in [0.3, 0.4) is 0 Å². The molecule has 0 radical (unpaired) electrons. The van der Waals surface area contributed by atoms with Gasteiger partial charge in [-0.3, -0.25) is 14.9 Å². The van der Waals surface area contributed by atoms with Gasteiger partial charge >= 0.3 is 6.03 Å². The second-order valence-electron chi connectivity index (χ2n) is 8.19. The van der Waals surface area contributed by atoms with E-state index in [4.69, 9.17) is 4.74 Å². The highest BCUT2D eigenvalue weighted by Gasteiger charge is 2.36. The molecule has 1 N–H and O–H groups in total. The fraction of sp³-hybridized carbons (Fsp3) is 0.107. The van der Waals surface area contributed by atoms with Crippen molar-refractivity contribution in [3.05, 3.63) is 111 Å². The second kappa shape index (κ2) is 10.7. The van der Waals surface area contributed by atoms with Crippen molar-refractivity contribution in [1.29, 1.82) is 0 Å². The molecule has 6 nitrogen and oxygen atoms in total. The van der Waals surface area contributed by atoms with Gasteiger partial charge in [-0.1, -0.05) is 35.9 Å². The first-order valence-corrected chi connectivity index (χ1v) is 11.8. The van der Waals surface area contributed by atoms with Crippen LogP contribution in [0.4, 0.5) is 14.9 Å². The zero-order valence-electron chi connectivity index (χ0n) is 19.4. The van der Waals surface area contributed by atoms with Crippen LogP contribution >= 0.6 is 15.9 Å². The molecular formula is C28H22BrFN2O4. The summed E-state index contributed by atoms with van der Waals surface area (Å²) in [6.07, 6.45) is 3.62. The first-order valence-electron chi connectivity index (χ1n) is 11.1. The molecule has 0 bridgehead atoms. The lowest BCUT2D eigenvalue weighted by Gasteiger charge is -2.26. The van der Waals surface area contributed by atoms with E-state index in [1.807, 2.05) is 31.2 Å². The minimum absolute atomic E-state index is 0.144. The third-order valence-electron chi connectivity index (χ3n) is 5.51. The van der Waals surface area contributed by atoms with Crippen LogP contribution in [-0.2, 0) is 22.6 Å². The highest BCUT2D eigenvalue weighted by molar-refractivity contribution is 9.10. The van der Waals surface area contributed by atoms with Gasteiger partial charge < -0.3 is 4.74 Å². The maximum atomic E-state index is 13.3. The summed E-state index contributed by atoms with van der Waals surface area (Å²) in [6.45, 7) is 6.18. The number of nitrogens with zero attached hydrogens (tertiary/aromatic N) is 1. The molecule has 36 heavy (non-hydrogen) atoms. The van der Waals surface area contributed by atoms with Crippen molar-refractivity contribution in [2.24, 2.45) is 0 Å². The van der Waals surface area contributed by atoms with Crippen LogP contribution in [0.2, 0.25) is 0 Å². The molecule has 1 saturated heterocycles. The van der Waals surface area contributed by atoms with Crippen LogP contribution in [-0.4, -0.2) is 17.8 Å². The van der Waals surface area contributed by atoms with E-state index in [0.717, 1.165) is 33.7 Å². The van der Waals surface area contributed by atoms with Gasteiger partial charge in [0.1, 0.15) is 23.7 Å². The number of hydrogen-bond donors (Lipinski definition) is 1. The van der Waals surface area contributed by atoms with Crippen molar-refractivity contribution < 1.29 is 23.5 Å². The highest BCUT2D eigenvalue weighted by Crippen LogP contribution is 2.33. The van der Waals surface area contributed by atoms with E-state index in [1.165, 1.54) is 18.2 Å². The summed E-state index contributed by atoms with van der Waals surface area (Å²) >= 11 is 3.54. The Bertz CT molecular complexity index is 1380. The Labute approximate surface area is 216 Å². The Morgan fingerprint density at radius 3 is 2.42 bits per heavy atom. The standard InChI is InChI=1S/C28H22BrFN2O4/c1-3-4-20-13-19(15-24(29)25(20)36-16-18-7-5-17(2)6-8-18)14-23-26(33)31-28(35)32(27(23)34)22-11-9-21(30)10-12-22/h3,5-15H,1,4,16H2,2H3,(H,31,33,35)/b23-14+. The Hall–Kier alpha value is -4.04. The fourth-order valence-corrected chi connectivity index (χ4v) is 4.35. The van der Waals surface area contributed by atoms with E-state index < -0.39 is 23.7 Å². The topological polar surface area (TPSA) is 75.7 Å². The van der Waals surface area contributed by atoms with Crippen LogP contribution in [0, 0.1) is 12.7 Å². The van der Waals surface area contributed by atoms with E-state index in [0.29, 0.717) is 28.8 Å². The summed E-state index contributed by atoms with van der Waals surface area (Å²) in [5.41, 5.74) is 3.43. The summed E-state index contributed by atoms with van der Waals surface area (Å²) in [5.74, 6) is -1.51. The second-order valence-corrected chi connectivity index (χ2v) is 9.05. The quantitative estimate of drug-likeness (QED) is 0.227. The van der Waals surface area contributed by atoms with Gasteiger partial charge in [0.15, 0.2) is 0 Å². The molecule has 182 valence electrons. The highest BCUT2D eigenvalue weighted by atomic mass is 79.9. The number of allylic oxidation sites excluding steroid dienone is 1. The summed E-state index contributed by atoms with van der Waals surface area (Å²) in [7, 11) is 0. The van der Waals surface area contributed by atoms with Crippen LogP contribution in [0.5, 0.6) is 5.75 Å². The first-order chi connectivity index (χ1) is 17.3. The van der Waals surface area contributed by atoms with Gasteiger partial charge in [0.2, 0.25) is 0 Å². The molecule has 1 aliphatic rings. The lowest BCUT2D eigenvalue weighted by molar-refractivity contribution is -0.122. The first kappa shape index (κ1) is 25.1. The van der Waals surface area contributed by atoms with Crippen molar-refractivity contribution in [3.8, 4) is 5.75 Å². The Kier molecular flexibility index (Phi) is 7.45. The fourth-order valence-electron chi connectivity index (χ4n) is 3.71. The third-order valence-corrected chi connectivity index (χ3v) is 6.10. The molecule has 4 rings (SSSR count). The Morgan fingerprint density at radius 2 is 1.75 bits per heavy atom. The van der Waals surface area contributed by atoms with Gasteiger partial charge in [-0.25, -0.2) is 14.1 Å². The number of imide groups is 2. The predicted molar refractivity (Wildman–Crippen MR) is 139 cm³/mol. The normalized spacial score (nSPS) is 14.7. The molecule has 4 amide bonds. The average Bonchev–Trinajstić information content (AvgIpc) is 2.83. The smallest absolute Gasteiger partial charge is 0.335 e. The zero-order chi connectivity index (χ0) is 25.8. The number of aryl methyl sites for hydroxylation is 1. The lowest BCUT2D eigenvalue weighted by Crippen LogP contribution is -2.54. The maximum Gasteiger partial charge on any atom is 0.335 e. The number of rotatable bonds is 7. The van der Waals surface area contributed by atoms with Gasteiger partial charge in [-0.05, 0) is 88.4 Å². The van der Waals surface area contributed by atoms with Crippen molar-refractivity contribution in [1.82, 2.24) is 5.32 Å². The average molecular weight is 549 g/mol. The molecule has 1 aliphatic heterocycles. The molecule has 0 unspecified atom stereocenters. The number of nitrogens with one attached hydrogen (secondary N) is 1. The lowest BCUT2D eigenvalue weighted by atomic mass is 10.0. The number of amides is 4. The number of urea groups is 1. The van der Waals surface area contributed by atoms with E-state index >= 15 is 0 Å². The SMILES string of the molecule is C=CCc1cc(/C=C2\C(=O)NC(=O)N(c3ccc(F)cc3)C2=O)cc(Br)c1OCc1ccc(C)cc1. The molecule has 3 aromatic rings.